The van der Waals surface area contributed by atoms with Gasteiger partial charge in [-0.25, -0.2) is 14.8 Å². The lowest BCUT2D eigenvalue weighted by Crippen LogP contribution is -2.01. The summed E-state index contributed by atoms with van der Waals surface area (Å²) in [7, 11) is 0. The number of nitrogens with one attached hydrogen (secondary N) is 1. The van der Waals surface area contributed by atoms with E-state index in [0.717, 1.165) is 28.6 Å². The smallest absolute Gasteiger partial charge is 0.341 e. The third-order valence-electron chi connectivity index (χ3n) is 4.38. The lowest BCUT2D eigenvalue weighted by Gasteiger charge is -2.09. The second-order valence-electron chi connectivity index (χ2n) is 6.08. The Morgan fingerprint density at radius 1 is 1.15 bits per heavy atom. The van der Waals surface area contributed by atoms with E-state index < -0.39 is 5.97 Å². The van der Waals surface area contributed by atoms with Crippen LogP contribution in [0.4, 0.5) is 0 Å². The molecule has 134 valence electrons. The molecule has 6 heteroatoms. The van der Waals surface area contributed by atoms with Crippen molar-refractivity contribution in [1.29, 1.82) is 0 Å². The molecular formula is C21H17N3O3. The summed E-state index contributed by atoms with van der Waals surface area (Å²) in [5.74, 6) is -0.503. The fourth-order valence-corrected chi connectivity index (χ4v) is 2.99. The van der Waals surface area contributed by atoms with Crippen molar-refractivity contribution in [1.82, 2.24) is 15.0 Å². The van der Waals surface area contributed by atoms with Gasteiger partial charge in [0.05, 0.1) is 0 Å². The summed E-state index contributed by atoms with van der Waals surface area (Å²) >= 11 is 0. The van der Waals surface area contributed by atoms with Crippen LogP contribution >= 0.6 is 0 Å². The maximum atomic E-state index is 11.3. The van der Waals surface area contributed by atoms with Gasteiger partial charge in [0.1, 0.15) is 17.0 Å². The second kappa shape index (κ2) is 6.92. The number of rotatable bonds is 5. The van der Waals surface area contributed by atoms with Crippen molar-refractivity contribution in [2.45, 2.75) is 13.3 Å². The number of nitrogens with zero attached hydrogens (tertiary/aromatic N) is 2. The fourth-order valence-electron chi connectivity index (χ4n) is 2.99. The van der Waals surface area contributed by atoms with Gasteiger partial charge in [-0.15, -0.1) is 0 Å². The van der Waals surface area contributed by atoms with Crippen molar-refractivity contribution in [3.8, 4) is 22.8 Å². The molecule has 0 atom stereocenters. The van der Waals surface area contributed by atoms with E-state index in [1.54, 1.807) is 18.3 Å². The molecule has 27 heavy (non-hydrogen) atoms. The Morgan fingerprint density at radius 2 is 2.04 bits per heavy atom. The molecule has 0 saturated heterocycles. The first-order valence-electron chi connectivity index (χ1n) is 8.58. The fraction of sp³-hybridized carbons (Fsp3) is 0.0952. The molecule has 0 aliphatic carbocycles. The van der Waals surface area contributed by atoms with E-state index in [1.807, 2.05) is 24.4 Å². The van der Waals surface area contributed by atoms with E-state index in [-0.39, 0.29) is 11.4 Å². The molecule has 1 aromatic carbocycles. The molecule has 4 rings (SSSR count). The Morgan fingerprint density at radius 3 is 2.85 bits per heavy atom. The Bertz CT molecular complexity index is 1130. The molecule has 0 fully saturated rings. The van der Waals surface area contributed by atoms with Crippen LogP contribution in [0.5, 0.6) is 11.6 Å². The number of fused-ring (bicyclic) bond motifs is 1. The minimum atomic E-state index is -1.08. The van der Waals surface area contributed by atoms with Gasteiger partial charge in [-0.05, 0) is 47.9 Å². The van der Waals surface area contributed by atoms with Gasteiger partial charge in [-0.2, -0.15) is 0 Å². The molecule has 0 radical (unpaired) electrons. The van der Waals surface area contributed by atoms with Crippen LogP contribution in [0.3, 0.4) is 0 Å². The highest BCUT2D eigenvalue weighted by molar-refractivity contribution is 5.90. The summed E-state index contributed by atoms with van der Waals surface area (Å²) in [6, 6.07) is 12.6. The number of aryl methyl sites for hydroxylation is 1. The molecular weight excluding hydrogens is 342 g/mol. The Kier molecular flexibility index (Phi) is 4.30. The Hall–Kier alpha value is -3.67. The number of aromatic nitrogens is 3. The summed E-state index contributed by atoms with van der Waals surface area (Å²) in [5.41, 5.74) is 3.99. The molecule has 3 aromatic heterocycles. The zero-order valence-electron chi connectivity index (χ0n) is 14.6. The molecule has 2 N–H and O–H groups in total. The lowest BCUT2D eigenvalue weighted by atomic mass is 10.0. The van der Waals surface area contributed by atoms with Gasteiger partial charge >= 0.3 is 5.97 Å². The summed E-state index contributed by atoms with van der Waals surface area (Å²) in [4.78, 5) is 23.0. The highest BCUT2D eigenvalue weighted by Crippen LogP contribution is 2.30. The van der Waals surface area contributed by atoms with Gasteiger partial charge in [0.25, 0.3) is 0 Å². The monoisotopic (exact) mass is 359 g/mol. The molecule has 3 heterocycles. The van der Waals surface area contributed by atoms with Crippen LogP contribution in [-0.4, -0.2) is 26.0 Å². The number of hydrogen-bond donors (Lipinski definition) is 2. The highest BCUT2D eigenvalue weighted by Gasteiger charge is 2.13. The maximum Gasteiger partial charge on any atom is 0.341 e. The normalized spacial score (nSPS) is 10.9. The number of aromatic amines is 1. The number of pyridine rings is 2. The van der Waals surface area contributed by atoms with Gasteiger partial charge in [-0.3, -0.25) is 0 Å². The van der Waals surface area contributed by atoms with E-state index >= 15 is 0 Å². The van der Waals surface area contributed by atoms with Crippen LogP contribution in [0.1, 0.15) is 22.8 Å². The molecule has 0 aliphatic heterocycles. The standard InChI is InChI=1S/C21H17N3O3/c1-2-13-11-23-19-18(13)10-15(12-24-19)14-5-3-6-16(9-14)27-20-17(21(25)26)7-4-8-22-20/h3-12H,2H2,1H3,(H,23,24)(H,25,26). The third-order valence-corrected chi connectivity index (χ3v) is 4.38. The van der Waals surface area contributed by atoms with Gasteiger partial charge in [-0.1, -0.05) is 19.1 Å². The van der Waals surface area contributed by atoms with Crippen molar-refractivity contribution < 1.29 is 14.6 Å². The van der Waals surface area contributed by atoms with Crippen molar-refractivity contribution in [2.24, 2.45) is 0 Å². The van der Waals surface area contributed by atoms with E-state index in [9.17, 15) is 9.90 Å². The zero-order chi connectivity index (χ0) is 18.8. The molecule has 0 saturated carbocycles. The molecule has 0 spiro atoms. The second-order valence-corrected chi connectivity index (χ2v) is 6.08. The van der Waals surface area contributed by atoms with Crippen molar-refractivity contribution >= 4 is 17.0 Å². The number of H-pyrrole nitrogens is 1. The topological polar surface area (TPSA) is 88.1 Å². The summed E-state index contributed by atoms with van der Waals surface area (Å²) in [5, 5.41) is 10.4. The maximum absolute atomic E-state index is 11.3. The molecule has 4 aromatic rings. The third kappa shape index (κ3) is 3.25. The van der Waals surface area contributed by atoms with E-state index in [4.69, 9.17) is 4.74 Å². The van der Waals surface area contributed by atoms with Crippen molar-refractivity contribution in [3.05, 3.63) is 72.2 Å². The van der Waals surface area contributed by atoms with Crippen molar-refractivity contribution in [3.63, 3.8) is 0 Å². The lowest BCUT2D eigenvalue weighted by molar-refractivity contribution is 0.0693. The molecule has 0 unspecified atom stereocenters. The zero-order valence-corrected chi connectivity index (χ0v) is 14.6. The number of carboxylic acids is 1. The molecule has 0 aliphatic rings. The molecule has 0 amide bonds. The summed E-state index contributed by atoms with van der Waals surface area (Å²) < 4.78 is 5.73. The molecule has 0 bridgehead atoms. The predicted octanol–water partition coefficient (Wildman–Crippen LogP) is 4.68. The largest absolute Gasteiger partial charge is 0.477 e. The quantitative estimate of drug-likeness (QED) is 0.540. The van der Waals surface area contributed by atoms with Crippen LogP contribution in [0.2, 0.25) is 0 Å². The van der Waals surface area contributed by atoms with E-state index in [1.165, 1.54) is 17.8 Å². The predicted molar refractivity (Wildman–Crippen MR) is 102 cm³/mol. The minimum absolute atomic E-state index is 0.0194. The van der Waals surface area contributed by atoms with Crippen LogP contribution in [-0.2, 0) is 6.42 Å². The van der Waals surface area contributed by atoms with Crippen molar-refractivity contribution in [2.75, 3.05) is 0 Å². The van der Waals surface area contributed by atoms with Crippen LogP contribution in [0.25, 0.3) is 22.2 Å². The van der Waals surface area contributed by atoms with Crippen LogP contribution < -0.4 is 4.74 Å². The molecule has 6 nitrogen and oxygen atoms in total. The van der Waals surface area contributed by atoms with Gasteiger partial charge in [0.2, 0.25) is 5.88 Å². The average molecular weight is 359 g/mol. The summed E-state index contributed by atoms with van der Waals surface area (Å²) in [6.45, 7) is 2.11. The number of aromatic carboxylic acids is 1. The SMILES string of the molecule is CCc1c[nH]c2ncc(-c3cccc(Oc4ncccc4C(=O)O)c3)cc12. The number of carboxylic acid groups (broad SMARTS) is 1. The van der Waals surface area contributed by atoms with Gasteiger partial charge < -0.3 is 14.8 Å². The number of carbonyl (C=O) groups is 1. The van der Waals surface area contributed by atoms with Crippen LogP contribution in [0, 0.1) is 0 Å². The first kappa shape index (κ1) is 16.8. The number of ether oxygens (including phenoxy) is 1. The van der Waals surface area contributed by atoms with E-state index in [2.05, 4.69) is 27.9 Å². The first-order valence-corrected chi connectivity index (χ1v) is 8.58. The Balaban J connectivity index is 1.70. The van der Waals surface area contributed by atoms with E-state index in [0.29, 0.717) is 5.75 Å². The van der Waals surface area contributed by atoms with Gasteiger partial charge in [0, 0.05) is 29.5 Å². The van der Waals surface area contributed by atoms with Crippen LogP contribution in [0.15, 0.2) is 61.1 Å². The average Bonchev–Trinajstić information content (AvgIpc) is 3.11. The minimum Gasteiger partial charge on any atom is -0.477 e. The number of hydrogen-bond acceptors (Lipinski definition) is 4. The summed E-state index contributed by atoms with van der Waals surface area (Å²) in [6.07, 6.45) is 6.21. The Labute approximate surface area is 155 Å². The first-order chi connectivity index (χ1) is 13.2. The number of benzene rings is 1. The highest BCUT2D eigenvalue weighted by atomic mass is 16.5. The van der Waals surface area contributed by atoms with Gasteiger partial charge in [0.15, 0.2) is 0 Å².